The van der Waals surface area contributed by atoms with Crippen LogP contribution in [0.3, 0.4) is 0 Å². The van der Waals surface area contributed by atoms with Crippen molar-refractivity contribution in [1.29, 1.82) is 0 Å². The lowest BCUT2D eigenvalue weighted by Crippen LogP contribution is -2.15. The number of rotatable bonds is 6. The maximum atomic E-state index is 13.2. The van der Waals surface area contributed by atoms with E-state index in [9.17, 15) is 12.8 Å². The average Bonchev–Trinajstić information content (AvgIpc) is 2.94. The molecule has 0 amide bonds. The zero-order chi connectivity index (χ0) is 17.0. The van der Waals surface area contributed by atoms with Crippen LogP contribution in [0.1, 0.15) is 11.1 Å². The number of hydrogen-bond donors (Lipinski definition) is 1. The van der Waals surface area contributed by atoms with Crippen LogP contribution in [0, 0.1) is 5.82 Å². The molecule has 3 aromatic rings. The standard InChI is InChI=1S/C17H16FN3O2S/c18-16-8-4-7-15(11-16)12-21-10-9-17(19-21)20-24(22,23)13-14-5-2-1-3-6-14/h1-11H,12-13H2,(H,19,20). The molecule has 0 saturated carbocycles. The first kappa shape index (κ1) is 16.2. The molecule has 0 aliphatic rings. The van der Waals surface area contributed by atoms with Gasteiger partial charge in [-0.1, -0.05) is 42.5 Å². The number of halogens is 1. The van der Waals surface area contributed by atoms with Crippen molar-refractivity contribution in [3.63, 3.8) is 0 Å². The number of nitrogens with zero attached hydrogens (tertiary/aromatic N) is 2. The van der Waals surface area contributed by atoms with Crippen LogP contribution in [0.5, 0.6) is 0 Å². The van der Waals surface area contributed by atoms with Gasteiger partial charge in [-0.25, -0.2) is 12.8 Å². The molecule has 0 unspecified atom stereocenters. The third-order valence-corrected chi connectivity index (χ3v) is 4.57. The Kier molecular flexibility index (Phi) is 4.61. The van der Waals surface area contributed by atoms with Gasteiger partial charge in [0.1, 0.15) is 5.82 Å². The van der Waals surface area contributed by atoms with Crippen LogP contribution in [0.25, 0.3) is 0 Å². The van der Waals surface area contributed by atoms with Gasteiger partial charge in [0.15, 0.2) is 5.82 Å². The van der Waals surface area contributed by atoms with Crippen molar-refractivity contribution in [2.24, 2.45) is 0 Å². The highest BCUT2D eigenvalue weighted by Crippen LogP contribution is 2.12. The topological polar surface area (TPSA) is 64.0 Å². The summed E-state index contributed by atoms with van der Waals surface area (Å²) in [6.07, 6.45) is 1.64. The van der Waals surface area contributed by atoms with Gasteiger partial charge in [0, 0.05) is 12.3 Å². The first-order valence-corrected chi connectivity index (χ1v) is 8.98. The molecule has 0 radical (unpaired) electrons. The number of hydrogen-bond acceptors (Lipinski definition) is 3. The monoisotopic (exact) mass is 345 g/mol. The fourth-order valence-electron chi connectivity index (χ4n) is 2.32. The molecule has 0 atom stereocenters. The van der Waals surface area contributed by atoms with Crippen LogP contribution in [0.15, 0.2) is 66.9 Å². The van der Waals surface area contributed by atoms with Gasteiger partial charge < -0.3 is 0 Å². The Morgan fingerprint density at radius 2 is 1.75 bits per heavy atom. The Hall–Kier alpha value is -2.67. The van der Waals surface area contributed by atoms with Crippen molar-refractivity contribution in [2.45, 2.75) is 12.3 Å². The Morgan fingerprint density at radius 1 is 1.00 bits per heavy atom. The van der Waals surface area contributed by atoms with Gasteiger partial charge >= 0.3 is 0 Å². The molecule has 1 N–H and O–H groups in total. The molecular weight excluding hydrogens is 329 g/mol. The summed E-state index contributed by atoms with van der Waals surface area (Å²) in [6.45, 7) is 0.359. The minimum atomic E-state index is -3.54. The summed E-state index contributed by atoms with van der Waals surface area (Å²) in [5.41, 5.74) is 1.45. The average molecular weight is 345 g/mol. The third kappa shape index (κ3) is 4.42. The summed E-state index contributed by atoms with van der Waals surface area (Å²) in [4.78, 5) is 0. The second kappa shape index (κ2) is 6.84. The molecule has 0 aliphatic heterocycles. The van der Waals surface area contributed by atoms with Crippen LogP contribution in [-0.2, 0) is 22.3 Å². The number of sulfonamides is 1. The van der Waals surface area contributed by atoms with Gasteiger partial charge in [-0.05, 0) is 23.3 Å². The normalized spacial score (nSPS) is 11.4. The van der Waals surface area contributed by atoms with Crippen molar-refractivity contribution in [1.82, 2.24) is 9.78 Å². The summed E-state index contributed by atoms with van der Waals surface area (Å²) < 4.78 is 41.5. The molecule has 1 heterocycles. The Bertz CT molecular complexity index is 924. The Balaban J connectivity index is 1.67. The molecule has 3 rings (SSSR count). The summed E-state index contributed by atoms with van der Waals surface area (Å²) >= 11 is 0. The number of anilines is 1. The van der Waals surface area contributed by atoms with Crippen molar-refractivity contribution in [2.75, 3.05) is 4.72 Å². The largest absolute Gasteiger partial charge is 0.266 e. The van der Waals surface area contributed by atoms with Crippen LogP contribution < -0.4 is 4.72 Å². The van der Waals surface area contributed by atoms with Crippen LogP contribution in [-0.4, -0.2) is 18.2 Å². The molecule has 7 heteroatoms. The van der Waals surface area contributed by atoms with Crippen molar-refractivity contribution >= 4 is 15.8 Å². The van der Waals surface area contributed by atoms with E-state index >= 15 is 0 Å². The smallest absolute Gasteiger partial charge is 0.238 e. The number of aromatic nitrogens is 2. The van der Waals surface area contributed by atoms with E-state index in [-0.39, 0.29) is 17.4 Å². The summed E-state index contributed by atoms with van der Waals surface area (Å²) in [5.74, 6) is -0.198. The van der Waals surface area contributed by atoms with E-state index < -0.39 is 10.0 Å². The molecule has 5 nitrogen and oxygen atoms in total. The van der Waals surface area contributed by atoms with Gasteiger partial charge in [0.05, 0.1) is 12.3 Å². The predicted molar refractivity (Wildman–Crippen MR) is 90.4 cm³/mol. The molecule has 0 saturated heterocycles. The summed E-state index contributed by atoms with van der Waals surface area (Å²) in [5, 5.41) is 4.17. The van der Waals surface area contributed by atoms with Crippen molar-refractivity contribution in [3.8, 4) is 0 Å². The van der Waals surface area contributed by atoms with Gasteiger partial charge in [0.2, 0.25) is 10.0 Å². The fraction of sp³-hybridized carbons (Fsp3) is 0.118. The number of nitrogens with one attached hydrogen (secondary N) is 1. The van der Waals surface area contributed by atoms with E-state index in [1.54, 1.807) is 53.3 Å². The molecular formula is C17H16FN3O2S. The van der Waals surface area contributed by atoms with E-state index in [1.807, 2.05) is 6.07 Å². The lowest BCUT2D eigenvalue weighted by atomic mass is 10.2. The van der Waals surface area contributed by atoms with Crippen LogP contribution >= 0.6 is 0 Å². The third-order valence-electron chi connectivity index (χ3n) is 3.33. The molecule has 124 valence electrons. The van der Waals surface area contributed by atoms with Gasteiger partial charge in [-0.2, -0.15) is 5.10 Å². The quantitative estimate of drug-likeness (QED) is 0.747. The number of benzene rings is 2. The minimum absolute atomic E-state index is 0.120. The first-order valence-electron chi connectivity index (χ1n) is 7.32. The highest BCUT2D eigenvalue weighted by atomic mass is 32.2. The highest BCUT2D eigenvalue weighted by molar-refractivity contribution is 7.91. The van der Waals surface area contributed by atoms with E-state index in [0.29, 0.717) is 12.1 Å². The Morgan fingerprint density at radius 3 is 2.50 bits per heavy atom. The molecule has 0 aliphatic carbocycles. The van der Waals surface area contributed by atoms with Gasteiger partial charge in [0.25, 0.3) is 0 Å². The maximum absolute atomic E-state index is 13.2. The first-order chi connectivity index (χ1) is 11.5. The molecule has 24 heavy (non-hydrogen) atoms. The minimum Gasteiger partial charge on any atom is -0.266 e. The van der Waals surface area contributed by atoms with Gasteiger partial charge in [-0.3, -0.25) is 9.40 Å². The summed E-state index contributed by atoms with van der Waals surface area (Å²) in [7, 11) is -3.54. The molecule has 1 aromatic heterocycles. The van der Waals surface area contributed by atoms with Crippen LogP contribution in [0.2, 0.25) is 0 Å². The van der Waals surface area contributed by atoms with E-state index in [4.69, 9.17) is 0 Å². The lowest BCUT2D eigenvalue weighted by molar-refractivity contribution is 0.600. The maximum Gasteiger partial charge on any atom is 0.238 e. The Labute approximate surface area is 139 Å². The lowest BCUT2D eigenvalue weighted by Gasteiger charge is -2.06. The van der Waals surface area contributed by atoms with Gasteiger partial charge in [-0.15, -0.1) is 0 Å². The SMILES string of the molecule is O=S(=O)(Cc1ccccc1)Nc1ccn(Cc2cccc(F)c2)n1. The van der Waals surface area contributed by atoms with Crippen molar-refractivity contribution < 1.29 is 12.8 Å². The van der Waals surface area contributed by atoms with E-state index in [1.165, 1.54) is 12.1 Å². The fourth-order valence-corrected chi connectivity index (χ4v) is 3.45. The molecule has 0 spiro atoms. The summed E-state index contributed by atoms with van der Waals surface area (Å²) in [6, 6.07) is 16.7. The van der Waals surface area contributed by atoms with Crippen LogP contribution in [0.4, 0.5) is 10.2 Å². The van der Waals surface area contributed by atoms with E-state index in [2.05, 4.69) is 9.82 Å². The second-order valence-corrected chi connectivity index (χ2v) is 7.10. The second-order valence-electron chi connectivity index (χ2n) is 5.38. The van der Waals surface area contributed by atoms with Crippen molar-refractivity contribution in [3.05, 3.63) is 83.8 Å². The molecule has 0 fully saturated rings. The zero-order valence-corrected chi connectivity index (χ0v) is 13.6. The zero-order valence-electron chi connectivity index (χ0n) is 12.8. The molecule has 2 aromatic carbocycles. The molecule has 0 bridgehead atoms. The van der Waals surface area contributed by atoms with E-state index in [0.717, 1.165) is 5.56 Å². The highest BCUT2D eigenvalue weighted by Gasteiger charge is 2.13. The predicted octanol–water partition coefficient (Wildman–Crippen LogP) is 3.01.